The number of rotatable bonds is 9. The van der Waals surface area contributed by atoms with Crippen LogP contribution in [0.4, 0.5) is 0 Å². The summed E-state index contributed by atoms with van der Waals surface area (Å²) in [6, 6.07) is 9.67. The van der Waals surface area contributed by atoms with E-state index in [0.29, 0.717) is 27.8 Å². The number of amides is 1. The Labute approximate surface area is 174 Å². The first-order valence-corrected chi connectivity index (χ1v) is 9.22. The van der Waals surface area contributed by atoms with E-state index >= 15 is 0 Å². The zero-order valence-electron chi connectivity index (χ0n) is 16.8. The number of ether oxygens (including phenoxy) is 4. The molecule has 1 unspecified atom stereocenters. The van der Waals surface area contributed by atoms with Crippen LogP contribution in [0.5, 0.6) is 17.2 Å². The van der Waals surface area contributed by atoms with Crippen molar-refractivity contribution < 1.29 is 28.5 Å². The third-order valence-electron chi connectivity index (χ3n) is 4.24. The van der Waals surface area contributed by atoms with Crippen molar-refractivity contribution in [3.63, 3.8) is 0 Å². The van der Waals surface area contributed by atoms with Crippen LogP contribution in [0.15, 0.2) is 36.4 Å². The second-order valence-electron chi connectivity index (χ2n) is 6.21. The average molecular weight is 422 g/mol. The quantitative estimate of drug-likeness (QED) is 0.624. The molecule has 1 atom stereocenters. The van der Waals surface area contributed by atoms with E-state index in [4.69, 9.17) is 30.5 Å². The van der Waals surface area contributed by atoms with Gasteiger partial charge in [-0.1, -0.05) is 17.7 Å². The molecule has 0 heterocycles. The van der Waals surface area contributed by atoms with Crippen LogP contribution < -0.4 is 19.5 Å². The van der Waals surface area contributed by atoms with Crippen LogP contribution in [0.2, 0.25) is 5.02 Å². The zero-order valence-corrected chi connectivity index (χ0v) is 17.5. The molecule has 0 spiro atoms. The lowest BCUT2D eigenvalue weighted by Crippen LogP contribution is -2.34. The van der Waals surface area contributed by atoms with Crippen molar-refractivity contribution in [3.05, 3.63) is 52.5 Å². The van der Waals surface area contributed by atoms with Gasteiger partial charge >= 0.3 is 5.97 Å². The second kappa shape index (κ2) is 10.6. The van der Waals surface area contributed by atoms with Gasteiger partial charge in [-0.2, -0.15) is 0 Å². The van der Waals surface area contributed by atoms with E-state index in [0.717, 1.165) is 5.56 Å². The van der Waals surface area contributed by atoms with Crippen molar-refractivity contribution in [2.45, 2.75) is 19.4 Å². The summed E-state index contributed by atoms with van der Waals surface area (Å²) >= 11 is 5.93. The molecule has 0 saturated heterocycles. The lowest BCUT2D eigenvalue weighted by molar-refractivity contribution is -0.141. The number of nitrogens with one attached hydrogen (secondary N) is 1. The fraction of sp³-hybridized carbons (Fsp3) is 0.333. The van der Waals surface area contributed by atoms with Crippen molar-refractivity contribution in [2.75, 3.05) is 27.9 Å². The van der Waals surface area contributed by atoms with Crippen molar-refractivity contribution in [1.29, 1.82) is 0 Å². The molecule has 2 rings (SSSR count). The van der Waals surface area contributed by atoms with E-state index in [9.17, 15) is 9.59 Å². The number of carbonyl (C=O) groups excluding carboxylic acids is 2. The molecule has 0 fully saturated rings. The number of halogens is 1. The summed E-state index contributed by atoms with van der Waals surface area (Å²) in [6.45, 7) is 1.62. The SMILES string of the molecule is COC(=O)CC(NC(=O)COc1ccc(Cl)cc1C)c1ccc(OC)c(OC)c1. The predicted octanol–water partition coefficient (Wildman–Crippen LogP) is 3.47. The highest BCUT2D eigenvalue weighted by molar-refractivity contribution is 6.30. The van der Waals surface area contributed by atoms with Gasteiger partial charge in [0, 0.05) is 5.02 Å². The first kappa shape index (κ1) is 22.4. The highest BCUT2D eigenvalue weighted by atomic mass is 35.5. The lowest BCUT2D eigenvalue weighted by atomic mass is 10.0. The maximum absolute atomic E-state index is 12.5. The minimum atomic E-state index is -0.621. The van der Waals surface area contributed by atoms with E-state index in [2.05, 4.69) is 5.32 Å². The summed E-state index contributed by atoms with van der Waals surface area (Å²) in [5.74, 6) is 0.742. The summed E-state index contributed by atoms with van der Waals surface area (Å²) in [5.41, 5.74) is 1.49. The maximum Gasteiger partial charge on any atom is 0.307 e. The highest BCUT2D eigenvalue weighted by Gasteiger charge is 2.21. The number of methoxy groups -OCH3 is 3. The molecule has 0 bridgehead atoms. The van der Waals surface area contributed by atoms with Crippen LogP contribution in [0.1, 0.15) is 23.6 Å². The van der Waals surface area contributed by atoms with Crippen molar-refractivity contribution in [3.8, 4) is 17.2 Å². The summed E-state index contributed by atoms with van der Waals surface area (Å²) in [5, 5.41) is 3.39. The molecule has 1 N–H and O–H groups in total. The Kier molecular flexibility index (Phi) is 8.15. The number of benzene rings is 2. The molecule has 8 heteroatoms. The van der Waals surface area contributed by atoms with Crippen LogP contribution >= 0.6 is 11.6 Å². The number of esters is 1. The van der Waals surface area contributed by atoms with Crippen molar-refractivity contribution >= 4 is 23.5 Å². The van der Waals surface area contributed by atoms with Gasteiger partial charge in [0.15, 0.2) is 18.1 Å². The molecule has 2 aromatic carbocycles. The molecule has 2 aromatic rings. The van der Waals surface area contributed by atoms with Gasteiger partial charge in [0.1, 0.15) is 5.75 Å². The fourth-order valence-corrected chi connectivity index (χ4v) is 2.95. The largest absolute Gasteiger partial charge is 0.493 e. The summed E-state index contributed by atoms with van der Waals surface area (Å²) in [6.07, 6.45) is -0.0440. The van der Waals surface area contributed by atoms with E-state index in [1.54, 1.807) is 36.4 Å². The van der Waals surface area contributed by atoms with E-state index in [-0.39, 0.29) is 18.9 Å². The summed E-state index contributed by atoms with van der Waals surface area (Å²) in [7, 11) is 4.33. The molecular weight excluding hydrogens is 398 g/mol. The standard InChI is InChI=1S/C21H24ClNO6/c1-13-9-15(22)6-8-17(13)29-12-20(24)23-16(11-21(25)28-4)14-5-7-18(26-2)19(10-14)27-3/h5-10,16H,11-12H2,1-4H3,(H,23,24). The molecule has 0 aliphatic heterocycles. The third kappa shape index (κ3) is 6.29. The Morgan fingerprint density at radius 2 is 1.69 bits per heavy atom. The monoisotopic (exact) mass is 421 g/mol. The predicted molar refractivity (Wildman–Crippen MR) is 109 cm³/mol. The summed E-state index contributed by atoms with van der Waals surface area (Å²) in [4.78, 5) is 24.3. The van der Waals surface area contributed by atoms with Gasteiger partial charge in [0.2, 0.25) is 0 Å². The molecule has 0 aliphatic rings. The second-order valence-corrected chi connectivity index (χ2v) is 6.65. The van der Waals surface area contributed by atoms with Crippen molar-refractivity contribution in [2.24, 2.45) is 0 Å². The minimum absolute atomic E-state index is 0.0440. The van der Waals surface area contributed by atoms with Gasteiger partial charge in [-0.15, -0.1) is 0 Å². The molecule has 0 aromatic heterocycles. The first-order chi connectivity index (χ1) is 13.9. The molecule has 1 amide bonds. The van der Waals surface area contributed by atoms with Crippen LogP contribution in [-0.2, 0) is 14.3 Å². The smallest absolute Gasteiger partial charge is 0.307 e. The van der Waals surface area contributed by atoms with Gasteiger partial charge in [0.25, 0.3) is 5.91 Å². The molecule has 156 valence electrons. The van der Waals surface area contributed by atoms with Crippen LogP contribution in [0.25, 0.3) is 0 Å². The topological polar surface area (TPSA) is 83.1 Å². The molecule has 29 heavy (non-hydrogen) atoms. The van der Waals surface area contributed by atoms with Gasteiger partial charge in [-0.3, -0.25) is 9.59 Å². The zero-order chi connectivity index (χ0) is 21.4. The minimum Gasteiger partial charge on any atom is -0.493 e. The third-order valence-corrected chi connectivity index (χ3v) is 4.47. The Bertz CT molecular complexity index is 870. The molecule has 7 nitrogen and oxygen atoms in total. The van der Waals surface area contributed by atoms with E-state index < -0.39 is 12.0 Å². The molecule has 0 aliphatic carbocycles. The van der Waals surface area contributed by atoms with Crippen LogP contribution in [0.3, 0.4) is 0 Å². The Balaban J connectivity index is 2.13. The lowest BCUT2D eigenvalue weighted by Gasteiger charge is -2.20. The van der Waals surface area contributed by atoms with Gasteiger partial charge in [0.05, 0.1) is 33.8 Å². The number of hydrogen-bond donors (Lipinski definition) is 1. The number of carbonyl (C=O) groups is 2. The Morgan fingerprint density at radius 1 is 1.00 bits per heavy atom. The van der Waals surface area contributed by atoms with Gasteiger partial charge in [-0.05, 0) is 48.4 Å². The molecule has 0 radical (unpaired) electrons. The highest BCUT2D eigenvalue weighted by Crippen LogP contribution is 2.31. The number of aryl methyl sites for hydroxylation is 1. The van der Waals surface area contributed by atoms with Crippen molar-refractivity contribution in [1.82, 2.24) is 5.32 Å². The van der Waals surface area contributed by atoms with Gasteiger partial charge in [-0.25, -0.2) is 0 Å². The Morgan fingerprint density at radius 3 is 2.31 bits per heavy atom. The van der Waals surface area contributed by atoms with Crippen LogP contribution in [0, 0.1) is 6.92 Å². The average Bonchev–Trinajstić information content (AvgIpc) is 2.71. The van der Waals surface area contributed by atoms with E-state index in [1.165, 1.54) is 21.3 Å². The molecule has 0 saturated carbocycles. The Hall–Kier alpha value is -2.93. The summed E-state index contributed by atoms with van der Waals surface area (Å²) < 4.78 is 20.9. The maximum atomic E-state index is 12.5. The molecular formula is C21H24ClNO6. The first-order valence-electron chi connectivity index (χ1n) is 8.85. The van der Waals surface area contributed by atoms with E-state index in [1.807, 2.05) is 6.92 Å². The van der Waals surface area contributed by atoms with Gasteiger partial charge < -0.3 is 24.3 Å². The fourth-order valence-electron chi connectivity index (χ4n) is 2.73. The normalized spacial score (nSPS) is 11.3. The number of hydrogen-bond acceptors (Lipinski definition) is 6. The van der Waals surface area contributed by atoms with Crippen LogP contribution in [-0.4, -0.2) is 39.8 Å².